The van der Waals surface area contributed by atoms with E-state index in [9.17, 15) is 9.59 Å². The van der Waals surface area contributed by atoms with Crippen molar-refractivity contribution in [3.8, 4) is 0 Å². The van der Waals surface area contributed by atoms with Crippen molar-refractivity contribution >= 4 is 39.2 Å². The van der Waals surface area contributed by atoms with Crippen molar-refractivity contribution in [2.75, 3.05) is 5.75 Å². The number of rotatable bonds is 5. The lowest BCUT2D eigenvalue weighted by Crippen LogP contribution is -2.29. The lowest BCUT2D eigenvalue weighted by atomic mass is 9.89. The minimum atomic E-state index is -0.0573. The second-order valence-corrected chi connectivity index (χ2v) is 10.2. The van der Waals surface area contributed by atoms with Gasteiger partial charge in [-0.1, -0.05) is 30.0 Å². The molecule has 0 saturated heterocycles. The number of thiophene rings is 1. The third-order valence-corrected chi connectivity index (χ3v) is 8.08. The Hall–Kier alpha value is -2.12. The van der Waals surface area contributed by atoms with E-state index in [1.807, 2.05) is 20.8 Å². The summed E-state index contributed by atoms with van der Waals surface area (Å²) in [4.78, 5) is 31.8. The Balaban J connectivity index is 1.44. The van der Waals surface area contributed by atoms with Crippen LogP contribution in [0.2, 0.25) is 0 Å². The van der Waals surface area contributed by atoms with Crippen LogP contribution in [0.1, 0.15) is 52.9 Å². The third kappa shape index (κ3) is 4.05. The summed E-state index contributed by atoms with van der Waals surface area (Å²) in [6.45, 7) is 5.98. The van der Waals surface area contributed by atoms with Crippen LogP contribution >= 0.6 is 23.1 Å². The number of carbonyl (C=O) groups is 1. The molecule has 0 aliphatic heterocycles. The monoisotopic (exact) mass is 441 g/mol. The maximum absolute atomic E-state index is 12.7. The van der Waals surface area contributed by atoms with E-state index in [4.69, 9.17) is 0 Å². The van der Waals surface area contributed by atoms with Gasteiger partial charge in [-0.3, -0.25) is 14.2 Å². The summed E-state index contributed by atoms with van der Waals surface area (Å²) in [6.07, 6.45) is 4.80. The van der Waals surface area contributed by atoms with Crippen LogP contribution in [0.3, 0.4) is 0 Å². The Bertz CT molecular complexity index is 1180. The number of nitrogens with one attached hydrogen (secondary N) is 1. The van der Waals surface area contributed by atoms with E-state index >= 15 is 0 Å². The Morgan fingerprint density at radius 1 is 1.27 bits per heavy atom. The van der Waals surface area contributed by atoms with E-state index in [1.165, 1.54) is 47.1 Å². The van der Waals surface area contributed by atoms with Crippen LogP contribution in [0.15, 0.2) is 28.2 Å². The Labute approximate surface area is 184 Å². The molecule has 1 atom stereocenters. The smallest absolute Gasteiger partial charge is 0.262 e. The zero-order chi connectivity index (χ0) is 21.4. The molecule has 1 aliphatic rings. The summed E-state index contributed by atoms with van der Waals surface area (Å²) in [5, 5.41) is 4.35. The molecule has 2 heterocycles. The van der Waals surface area contributed by atoms with Crippen molar-refractivity contribution in [3.63, 3.8) is 0 Å². The standard InChI is InChI=1S/C23H27N3O2S2/c1-13-15(3)30-21-20(13)22(28)26(4)23(25-21)29-12-19(27)24-14(2)17-10-9-16-7-5-6-8-18(16)11-17/h9-11,14H,5-8,12H2,1-4H3,(H,24,27). The van der Waals surface area contributed by atoms with Gasteiger partial charge < -0.3 is 5.32 Å². The second kappa shape index (κ2) is 8.55. The van der Waals surface area contributed by atoms with E-state index in [0.29, 0.717) is 10.5 Å². The van der Waals surface area contributed by atoms with Crippen LogP contribution in [0.25, 0.3) is 10.2 Å². The average Bonchev–Trinajstić information content (AvgIpc) is 3.02. The Morgan fingerprint density at radius 3 is 2.77 bits per heavy atom. The summed E-state index contributed by atoms with van der Waals surface area (Å²) >= 11 is 2.84. The van der Waals surface area contributed by atoms with Crippen LogP contribution < -0.4 is 10.9 Å². The Morgan fingerprint density at radius 2 is 2.00 bits per heavy atom. The number of aromatic nitrogens is 2. The third-order valence-electron chi connectivity index (χ3n) is 5.95. The fourth-order valence-electron chi connectivity index (χ4n) is 4.00. The topological polar surface area (TPSA) is 64.0 Å². The zero-order valence-electron chi connectivity index (χ0n) is 17.9. The highest BCUT2D eigenvalue weighted by molar-refractivity contribution is 7.99. The van der Waals surface area contributed by atoms with Gasteiger partial charge in [0.2, 0.25) is 5.91 Å². The number of amides is 1. The van der Waals surface area contributed by atoms with Gasteiger partial charge in [-0.25, -0.2) is 4.98 Å². The predicted molar refractivity (Wildman–Crippen MR) is 125 cm³/mol. The highest BCUT2D eigenvalue weighted by atomic mass is 32.2. The summed E-state index contributed by atoms with van der Waals surface area (Å²) < 4.78 is 1.55. The fraction of sp³-hybridized carbons (Fsp3) is 0.435. The normalized spacial score (nSPS) is 14.5. The molecule has 3 aromatic rings. The molecule has 158 valence electrons. The highest BCUT2D eigenvalue weighted by Gasteiger charge is 2.17. The van der Waals surface area contributed by atoms with Crippen LogP contribution in [-0.4, -0.2) is 21.2 Å². The molecular weight excluding hydrogens is 414 g/mol. The SMILES string of the molecule is Cc1sc2nc(SCC(=O)NC(C)c3ccc4c(c3)CCCC4)n(C)c(=O)c2c1C. The van der Waals surface area contributed by atoms with Crippen molar-refractivity contribution in [2.45, 2.75) is 57.7 Å². The number of thioether (sulfide) groups is 1. The van der Waals surface area contributed by atoms with Gasteiger partial charge in [-0.2, -0.15) is 0 Å². The predicted octanol–water partition coefficient (Wildman–Crippen LogP) is 4.46. The van der Waals surface area contributed by atoms with Crippen molar-refractivity contribution in [1.29, 1.82) is 0 Å². The van der Waals surface area contributed by atoms with Crippen LogP contribution in [0.4, 0.5) is 0 Å². The van der Waals surface area contributed by atoms with Crippen LogP contribution in [-0.2, 0) is 24.7 Å². The van der Waals surface area contributed by atoms with Crippen molar-refractivity contribution in [1.82, 2.24) is 14.9 Å². The van der Waals surface area contributed by atoms with Crippen LogP contribution in [0, 0.1) is 13.8 Å². The molecule has 0 spiro atoms. The molecule has 2 aromatic heterocycles. The molecule has 1 unspecified atom stereocenters. The number of nitrogens with zero attached hydrogens (tertiary/aromatic N) is 2. The lowest BCUT2D eigenvalue weighted by molar-refractivity contribution is -0.119. The largest absolute Gasteiger partial charge is 0.349 e. The van der Waals surface area contributed by atoms with Crippen molar-refractivity contribution in [2.24, 2.45) is 7.05 Å². The van der Waals surface area contributed by atoms with E-state index in [-0.39, 0.29) is 23.3 Å². The average molecular weight is 442 g/mol. The van der Waals surface area contributed by atoms with E-state index in [2.05, 4.69) is 28.5 Å². The molecule has 0 radical (unpaired) electrons. The first-order valence-corrected chi connectivity index (χ1v) is 12.2. The first-order chi connectivity index (χ1) is 14.3. The van der Waals surface area contributed by atoms with Crippen LogP contribution in [0.5, 0.6) is 0 Å². The molecule has 5 nitrogen and oxygen atoms in total. The molecule has 0 fully saturated rings. The van der Waals surface area contributed by atoms with Gasteiger partial charge in [0, 0.05) is 11.9 Å². The first kappa shape index (κ1) is 21.1. The lowest BCUT2D eigenvalue weighted by Gasteiger charge is -2.20. The van der Waals surface area contributed by atoms with E-state index < -0.39 is 0 Å². The number of fused-ring (bicyclic) bond motifs is 2. The van der Waals surface area contributed by atoms with Gasteiger partial charge in [0.05, 0.1) is 17.2 Å². The van der Waals surface area contributed by atoms with Gasteiger partial charge in [0.1, 0.15) is 4.83 Å². The molecule has 7 heteroatoms. The minimum Gasteiger partial charge on any atom is -0.349 e. The van der Waals surface area contributed by atoms with E-state index in [0.717, 1.165) is 33.7 Å². The van der Waals surface area contributed by atoms with Gasteiger partial charge in [-0.05, 0) is 68.7 Å². The number of aryl methyl sites for hydroxylation is 4. The first-order valence-electron chi connectivity index (χ1n) is 10.4. The maximum atomic E-state index is 12.7. The van der Waals surface area contributed by atoms with Crippen molar-refractivity contribution in [3.05, 3.63) is 55.7 Å². The van der Waals surface area contributed by atoms with E-state index in [1.54, 1.807) is 11.6 Å². The molecule has 1 aliphatic carbocycles. The summed E-state index contributed by atoms with van der Waals surface area (Å²) in [5.41, 5.74) is 4.96. The maximum Gasteiger partial charge on any atom is 0.262 e. The molecule has 1 N–H and O–H groups in total. The van der Waals surface area contributed by atoms with Gasteiger partial charge in [-0.15, -0.1) is 11.3 Å². The Kier molecular flexibility index (Phi) is 6.02. The molecule has 30 heavy (non-hydrogen) atoms. The fourth-order valence-corrected chi connectivity index (χ4v) is 5.86. The zero-order valence-corrected chi connectivity index (χ0v) is 19.5. The highest BCUT2D eigenvalue weighted by Crippen LogP contribution is 2.28. The van der Waals surface area contributed by atoms with Gasteiger partial charge in [0.15, 0.2) is 5.16 Å². The minimum absolute atomic E-state index is 0.0489. The van der Waals surface area contributed by atoms with Gasteiger partial charge in [0.25, 0.3) is 5.56 Å². The summed E-state index contributed by atoms with van der Waals surface area (Å²) in [5.74, 6) is 0.169. The number of carbonyl (C=O) groups excluding carboxylic acids is 1. The number of hydrogen-bond acceptors (Lipinski definition) is 5. The molecule has 1 aromatic carbocycles. The molecule has 4 rings (SSSR count). The molecule has 1 amide bonds. The number of benzene rings is 1. The van der Waals surface area contributed by atoms with Crippen molar-refractivity contribution < 1.29 is 4.79 Å². The quantitative estimate of drug-likeness (QED) is 0.469. The summed E-state index contributed by atoms with van der Waals surface area (Å²) in [7, 11) is 1.72. The number of hydrogen-bond donors (Lipinski definition) is 1. The molecule has 0 bridgehead atoms. The molecular formula is C23H27N3O2S2. The molecule has 0 saturated carbocycles. The second-order valence-electron chi connectivity index (χ2n) is 8.04. The summed E-state index contributed by atoms with van der Waals surface area (Å²) in [6, 6.07) is 6.53. The van der Waals surface area contributed by atoms with Gasteiger partial charge >= 0.3 is 0 Å².